The Morgan fingerprint density at radius 3 is 2.53 bits per heavy atom. The number of likely N-dealkylation sites (tertiary alicyclic amines) is 1. The predicted octanol–water partition coefficient (Wildman–Crippen LogP) is 2.86. The van der Waals surface area contributed by atoms with Gasteiger partial charge in [0.2, 0.25) is 0 Å². The normalized spacial score (nSPS) is 24.7. The second-order valence-electron chi connectivity index (χ2n) is 6.96. The predicted molar refractivity (Wildman–Crippen MR) is 77.9 cm³/mol. The minimum atomic E-state index is -0.421. The molecule has 2 unspecified atom stereocenters. The number of carbonyl (C=O) groups is 1. The van der Waals surface area contributed by atoms with E-state index in [2.05, 4.69) is 13.8 Å². The van der Waals surface area contributed by atoms with Crippen LogP contribution in [0.2, 0.25) is 0 Å². The van der Waals surface area contributed by atoms with Crippen LogP contribution in [-0.2, 0) is 4.74 Å². The van der Waals surface area contributed by atoms with Crippen molar-refractivity contribution in [1.82, 2.24) is 4.90 Å². The molecule has 4 heteroatoms. The molecule has 2 N–H and O–H groups in total. The lowest BCUT2D eigenvalue weighted by atomic mass is 9.76. The van der Waals surface area contributed by atoms with Gasteiger partial charge in [-0.25, -0.2) is 4.79 Å². The summed E-state index contributed by atoms with van der Waals surface area (Å²) in [6.07, 6.45) is 1.86. The van der Waals surface area contributed by atoms with Gasteiger partial charge in [0.15, 0.2) is 0 Å². The number of amides is 1. The number of piperidine rings is 1. The van der Waals surface area contributed by atoms with E-state index < -0.39 is 5.60 Å². The molecule has 2 atom stereocenters. The molecule has 0 aliphatic carbocycles. The van der Waals surface area contributed by atoms with Crippen LogP contribution >= 0.6 is 0 Å². The van der Waals surface area contributed by atoms with Gasteiger partial charge in [-0.3, -0.25) is 0 Å². The Balaban J connectivity index is 2.63. The molecular weight excluding hydrogens is 240 g/mol. The summed E-state index contributed by atoms with van der Waals surface area (Å²) >= 11 is 0. The minimum absolute atomic E-state index is 0.184. The molecule has 1 aliphatic heterocycles. The molecule has 0 aromatic carbocycles. The number of hydrogen-bond acceptors (Lipinski definition) is 3. The topological polar surface area (TPSA) is 55.6 Å². The SMILES string of the molecule is CC(C)C1CCN(C(=O)OC(C)(C)C)CC1CCN. The summed E-state index contributed by atoms with van der Waals surface area (Å²) < 4.78 is 5.46. The van der Waals surface area contributed by atoms with E-state index in [1.165, 1.54) is 0 Å². The van der Waals surface area contributed by atoms with Crippen LogP contribution in [0.5, 0.6) is 0 Å². The molecule has 0 aromatic rings. The van der Waals surface area contributed by atoms with Crippen molar-refractivity contribution in [2.24, 2.45) is 23.5 Å². The lowest BCUT2D eigenvalue weighted by Gasteiger charge is -2.40. The Morgan fingerprint density at radius 1 is 1.42 bits per heavy atom. The largest absolute Gasteiger partial charge is 0.444 e. The Kier molecular flexibility index (Phi) is 5.65. The van der Waals surface area contributed by atoms with Gasteiger partial charge in [-0.2, -0.15) is 0 Å². The van der Waals surface area contributed by atoms with Crippen molar-refractivity contribution in [1.29, 1.82) is 0 Å². The van der Waals surface area contributed by atoms with Crippen molar-refractivity contribution in [2.45, 2.75) is 53.1 Å². The van der Waals surface area contributed by atoms with Crippen molar-refractivity contribution >= 4 is 6.09 Å². The second-order valence-corrected chi connectivity index (χ2v) is 6.96. The average Bonchev–Trinajstić information content (AvgIpc) is 2.26. The van der Waals surface area contributed by atoms with E-state index in [4.69, 9.17) is 10.5 Å². The molecule has 1 amide bonds. The molecule has 4 nitrogen and oxygen atoms in total. The van der Waals surface area contributed by atoms with Gasteiger partial charge in [-0.15, -0.1) is 0 Å². The molecule has 19 heavy (non-hydrogen) atoms. The molecule has 0 spiro atoms. The van der Waals surface area contributed by atoms with Crippen LogP contribution in [0.4, 0.5) is 4.79 Å². The zero-order chi connectivity index (χ0) is 14.6. The molecule has 1 heterocycles. The minimum Gasteiger partial charge on any atom is -0.444 e. The molecule has 112 valence electrons. The van der Waals surface area contributed by atoms with Crippen LogP contribution in [0.1, 0.15) is 47.5 Å². The number of ether oxygens (including phenoxy) is 1. The van der Waals surface area contributed by atoms with Gasteiger partial charge < -0.3 is 15.4 Å². The van der Waals surface area contributed by atoms with E-state index in [-0.39, 0.29) is 6.09 Å². The fourth-order valence-corrected chi connectivity index (χ4v) is 2.94. The van der Waals surface area contributed by atoms with E-state index >= 15 is 0 Å². The third-order valence-corrected chi connectivity index (χ3v) is 3.84. The van der Waals surface area contributed by atoms with Gasteiger partial charge in [0.1, 0.15) is 5.60 Å². The molecule has 1 aliphatic rings. The van der Waals surface area contributed by atoms with Gasteiger partial charge in [0.05, 0.1) is 0 Å². The maximum Gasteiger partial charge on any atom is 0.410 e. The third-order valence-electron chi connectivity index (χ3n) is 3.84. The lowest BCUT2D eigenvalue weighted by molar-refractivity contribution is 0.00563. The first-order valence-electron chi connectivity index (χ1n) is 7.42. The fourth-order valence-electron chi connectivity index (χ4n) is 2.94. The summed E-state index contributed by atoms with van der Waals surface area (Å²) in [5.41, 5.74) is 5.29. The van der Waals surface area contributed by atoms with Crippen LogP contribution in [-0.4, -0.2) is 36.2 Å². The number of nitrogens with zero attached hydrogens (tertiary/aromatic N) is 1. The van der Waals surface area contributed by atoms with Gasteiger partial charge in [0, 0.05) is 13.1 Å². The standard InChI is InChI=1S/C15H30N2O2/c1-11(2)13-7-9-17(10-12(13)6-8-16)14(18)19-15(3,4)5/h11-13H,6-10,16H2,1-5H3. The summed E-state index contributed by atoms with van der Waals surface area (Å²) in [4.78, 5) is 14.0. The monoisotopic (exact) mass is 270 g/mol. The summed E-state index contributed by atoms with van der Waals surface area (Å²) in [5.74, 6) is 1.82. The summed E-state index contributed by atoms with van der Waals surface area (Å²) in [7, 11) is 0. The Labute approximate surface area is 117 Å². The number of nitrogens with two attached hydrogens (primary N) is 1. The molecule has 1 saturated heterocycles. The number of carbonyl (C=O) groups excluding carboxylic acids is 1. The maximum absolute atomic E-state index is 12.1. The molecule has 1 fully saturated rings. The summed E-state index contributed by atoms with van der Waals surface area (Å²) in [5, 5.41) is 0. The third kappa shape index (κ3) is 5.01. The molecule has 0 aromatic heterocycles. The van der Waals surface area contributed by atoms with E-state index in [1.807, 2.05) is 25.7 Å². The van der Waals surface area contributed by atoms with E-state index in [0.717, 1.165) is 25.9 Å². The van der Waals surface area contributed by atoms with Gasteiger partial charge in [0.25, 0.3) is 0 Å². The van der Waals surface area contributed by atoms with Crippen molar-refractivity contribution in [2.75, 3.05) is 19.6 Å². The molecule has 0 radical (unpaired) electrons. The van der Waals surface area contributed by atoms with Crippen molar-refractivity contribution in [3.8, 4) is 0 Å². The lowest BCUT2D eigenvalue weighted by Crippen LogP contribution is -2.47. The van der Waals surface area contributed by atoms with Gasteiger partial charge in [-0.1, -0.05) is 13.8 Å². The van der Waals surface area contributed by atoms with Crippen LogP contribution in [0.3, 0.4) is 0 Å². The van der Waals surface area contributed by atoms with Crippen molar-refractivity contribution in [3.05, 3.63) is 0 Å². The highest BCUT2D eigenvalue weighted by molar-refractivity contribution is 5.68. The zero-order valence-electron chi connectivity index (χ0n) is 13.1. The van der Waals surface area contributed by atoms with Crippen molar-refractivity contribution in [3.63, 3.8) is 0 Å². The first-order chi connectivity index (χ1) is 8.74. The van der Waals surface area contributed by atoms with E-state index in [0.29, 0.717) is 24.3 Å². The Hall–Kier alpha value is -0.770. The van der Waals surface area contributed by atoms with E-state index in [9.17, 15) is 4.79 Å². The maximum atomic E-state index is 12.1. The highest BCUT2D eigenvalue weighted by atomic mass is 16.6. The first kappa shape index (κ1) is 16.3. The van der Waals surface area contributed by atoms with Gasteiger partial charge in [-0.05, 0) is 57.9 Å². The summed E-state index contributed by atoms with van der Waals surface area (Å²) in [6.45, 7) is 12.5. The van der Waals surface area contributed by atoms with Crippen LogP contribution in [0, 0.1) is 17.8 Å². The zero-order valence-corrected chi connectivity index (χ0v) is 13.1. The molecule has 1 rings (SSSR count). The smallest absolute Gasteiger partial charge is 0.410 e. The Bertz CT molecular complexity index is 297. The van der Waals surface area contributed by atoms with Crippen LogP contribution < -0.4 is 5.73 Å². The first-order valence-corrected chi connectivity index (χ1v) is 7.42. The molecule has 0 saturated carbocycles. The highest BCUT2D eigenvalue weighted by Gasteiger charge is 2.34. The van der Waals surface area contributed by atoms with Gasteiger partial charge >= 0.3 is 6.09 Å². The number of hydrogen-bond donors (Lipinski definition) is 1. The number of rotatable bonds is 3. The highest BCUT2D eigenvalue weighted by Crippen LogP contribution is 2.32. The van der Waals surface area contributed by atoms with Crippen molar-refractivity contribution < 1.29 is 9.53 Å². The average molecular weight is 270 g/mol. The fraction of sp³-hybridized carbons (Fsp3) is 0.933. The van der Waals surface area contributed by atoms with E-state index in [1.54, 1.807) is 0 Å². The van der Waals surface area contributed by atoms with Crippen LogP contribution in [0.25, 0.3) is 0 Å². The summed E-state index contributed by atoms with van der Waals surface area (Å²) in [6, 6.07) is 0. The Morgan fingerprint density at radius 2 is 2.05 bits per heavy atom. The second kappa shape index (κ2) is 6.60. The quantitative estimate of drug-likeness (QED) is 0.858. The molecule has 0 bridgehead atoms. The van der Waals surface area contributed by atoms with Crippen LogP contribution in [0.15, 0.2) is 0 Å². The molecular formula is C15H30N2O2.